The van der Waals surface area contributed by atoms with Gasteiger partial charge < -0.3 is 10.2 Å². The van der Waals surface area contributed by atoms with Crippen molar-refractivity contribution >= 4 is 43.1 Å². The van der Waals surface area contributed by atoms with Gasteiger partial charge in [0.25, 0.3) is 0 Å². The molecule has 0 spiro atoms. The van der Waals surface area contributed by atoms with Crippen LogP contribution in [0.25, 0.3) is 43.1 Å². The number of fused-ring (bicyclic) bond motifs is 3. The van der Waals surface area contributed by atoms with Crippen LogP contribution in [0.1, 0.15) is 0 Å². The molecule has 5 aromatic carbocycles. The molecule has 2 nitrogen and oxygen atoms in total. The zero-order chi connectivity index (χ0) is 14.8. The van der Waals surface area contributed by atoms with E-state index < -0.39 is 0 Å². The van der Waals surface area contributed by atoms with Crippen molar-refractivity contribution in [1.29, 1.82) is 0 Å². The Morgan fingerprint density at radius 1 is 0.545 bits per heavy atom. The molecule has 0 aromatic heterocycles. The summed E-state index contributed by atoms with van der Waals surface area (Å²) in [5, 5.41) is 28.7. The third kappa shape index (κ3) is 1.29. The summed E-state index contributed by atoms with van der Waals surface area (Å²) in [6.07, 6.45) is 0. The molecule has 5 aromatic rings. The minimum absolute atomic E-state index is 0.269. The molecule has 0 atom stereocenters. The van der Waals surface area contributed by atoms with Crippen LogP contribution in [0.15, 0.2) is 60.7 Å². The molecule has 22 heavy (non-hydrogen) atoms. The first-order chi connectivity index (χ1) is 10.7. The van der Waals surface area contributed by atoms with E-state index in [1.165, 1.54) is 0 Å². The lowest BCUT2D eigenvalue weighted by Crippen LogP contribution is -1.87. The van der Waals surface area contributed by atoms with Crippen molar-refractivity contribution in [2.45, 2.75) is 0 Å². The van der Waals surface area contributed by atoms with E-state index in [2.05, 4.69) is 12.1 Å². The average Bonchev–Trinajstić information content (AvgIpc) is 2.54. The Morgan fingerprint density at radius 3 is 2.23 bits per heavy atom. The Kier molecular flexibility index (Phi) is 2.01. The van der Waals surface area contributed by atoms with E-state index in [0.29, 0.717) is 5.75 Å². The predicted molar refractivity (Wildman–Crippen MR) is 91.0 cm³/mol. The maximum Gasteiger partial charge on any atom is 0.123 e. The van der Waals surface area contributed by atoms with E-state index in [1.807, 2.05) is 36.4 Å². The number of hydrogen-bond acceptors (Lipinski definition) is 2. The second-order valence-electron chi connectivity index (χ2n) is 5.75. The molecule has 5 rings (SSSR count). The third-order valence-corrected chi connectivity index (χ3v) is 4.58. The van der Waals surface area contributed by atoms with E-state index in [-0.39, 0.29) is 5.75 Å². The van der Waals surface area contributed by atoms with Crippen LogP contribution in [0.3, 0.4) is 0 Å². The number of hydrogen-bond donors (Lipinski definition) is 2. The molecule has 0 heterocycles. The second-order valence-corrected chi connectivity index (χ2v) is 5.75. The number of phenolic OH excluding ortho intramolecular Hbond substituents is 2. The van der Waals surface area contributed by atoms with Gasteiger partial charge in [-0.15, -0.1) is 0 Å². The van der Waals surface area contributed by atoms with Crippen molar-refractivity contribution in [3.05, 3.63) is 60.7 Å². The van der Waals surface area contributed by atoms with Crippen LogP contribution in [-0.2, 0) is 0 Å². The fourth-order valence-electron chi connectivity index (χ4n) is 3.65. The molecule has 0 aliphatic rings. The summed E-state index contributed by atoms with van der Waals surface area (Å²) in [5.41, 5.74) is 0. The van der Waals surface area contributed by atoms with Crippen molar-refractivity contribution < 1.29 is 10.2 Å². The predicted octanol–water partition coefficient (Wildman–Crippen LogP) is 5.15. The maximum absolute atomic E-state index is 10.2. The molecule has 0 saturated heterocycles. The summed E-state index contributed by atoms with van der Waals surface area (Å²) in [7, 11) is 0. The Bertz CT molecular complexity index is 1190. The van der Waals surface area contributed by atoms with E-state index in [0.717, 1.165) is 43.1 Å². The van der Waals surface area contributed by atoms with E-state index >= 15 is 0 Å². The zero-order valence-electron chi connectivity index (χ0n) is 11.7. The van der Waals surface area contributed by atoms with Crippen LogP contribution in [-0.4, -0.2) is 10.2 Å². The van der Waals surface area contributed by atoms with Gasteiger partial charge in [-0.1, -0.05) is 42.5 Å². The number of aromatic hydroxyl groups is 2. The van der Waals surface area contributed by atoms with Crippen LogP contribution in [0.4, 0.5) is 0 Å². The van der Waals surface area contributed by atoms with Crippen molar-refractivity contribution in [2.24, 2.45) is 0 Å². The van der Waals surface area contributed by atoms with Gasteiger partial charge in [0, 0.05) is 10.8 Å². The molecule has 2 heteroatoms. The highest BCUT2D eigenvalue weighted by Crippen LogP contribution is 2.43. The summed E-state index contributed by atoms with van der Waals surface area (Å²) in [5.74, 6) is 0.572. The minimum Gasteiger partial charge on any atom is -0.508 e. The number of phenols is 2. The van der Waals surface area contributed by atoms with E-state index in [4.69, 9.17) is 0 Å². The molecular formula is C20H12O2. The smallest absolute Gasteiger partial charge is 0.123 e. The molecule has 0 radical (unpaired) electrons. The Balaban J connectivity index is 2.28. The second kappa shape index (κ2) is 3.80. The van der Waals surface area contributed by atoms with Gasteiger partial charge in [0.05, 0.1) is 0 Å². The zero-order valence-corrected chi connectivity index (χ0v) is 11.7. The highest BCUT2D eigenvalue weighted by atomic mass is 16.3. The largest absolute Gasteiger partial charge is 0.508 e. The highest BCUT2D eigenvalue weighted by Gasteiger charge is 2.14. The molecule has 0 aliphatic heterocycles. The first kappa shape index (κ1) is 11.6. The summed E-state index contributed by atoms with van der Waals surface area (Å²) < 4.78 is 0. The summed E-state index contributed by atoms with van der Waals surface area (Å²) in [4.78, 5) is 0. The van der Waals surface area contributed by atoms with Gasteiger partial charge in [-0.3, -0.25) is 0 Å². The molecule has 104 valence electrons. The Morgan fingerprint density at radius 2 is 1.32 bits per heavy atom. The van der Waals surface area contributed by atoms with Gasteiger partial charge >= 0.3 is 0 Å². The van der Waals surface area contributed by atoms with Gasteiger partial charge in [-0.25, -0.2) is 0 Å². The van der Waals surface area contributed by atoms with Gasteiger partial charge in [-0.2, -0.15) is 0 Å². The Hall–Kier alpha value is -3.00. The Labute approximate surface area is 126 Å². The normalized spacial score (nSPS) is 12.0. The lowest BCUT2D eigenvalue weighted by atomic mass is 9.89. The van der Waals surface area contributed by atoms with Crippen LogP contribution in [0.5, 0.6) is 11.5 Å². The molecule has 0 aliphatic carbocycles. The topological polar surface area (TPSA) is 40.5 Å². The van der Waals surface area contributed by atoms with Crippen molar-refractivity contribution in [2.75, 3.05) is 0 Å². The molecule has 2 N–H and O–H groups in total. The van der Waals surface area contributed by atoms with Crippen LogP contribution in [0.2, 0.25) is 0 Å². The molecule has 0 amide bonds. The lowest BCUT2D eigenvalue weighted by Gasteiger charge is -2.15. The van der Waals surface area contributed by atoms with Gasteiger partial charge in [0.15, 0.2) is 0 Å². The molecular weight excluding hydrogens is 272 g/mol. The van der Waals surface area contributed by atoms with Crippen LogP contribution in [0, 0.1) is 0 Å². The van der Waals surface area contributed by atoms with E-state index in [1.54, 1.807) is 12.1 Å². The fraction of sp³-hybridized carbons (Fsp3) is 0. The highest BCUT2D eigenvalue weighted by molar-refractivity contribution is 6.34. The monoisotopic (exact) mass is 284 g/mol. The van der Waals surface area contributed by atoms with Crippen molar-refractivity contribution in [3.63, 3.8) is 0 Å². The molecule has 0 bridgehead atoms. The SMILES string of the molecule is Oc1ccc2c(c1)c1cccc3ccc4c(O)ccc2c4c31. The summed E-state index contributed by atoms with van der Waals surface area (Å²) in [6.45, 7) is 0. The van der Waals surface area contributed by atoms with Gasteiger partial charge in [0.2, 0.25) is 0 Å². The first-order valence-electron chi connectivity index (χ1n) is 7.25. The lowest BCUT2D eigenvalue weighted by molar-refractivity contribution is 0.476. The van der Waals surface area contributed by atoms with Crippen LogP contribution < -0.4 is 0 Å². The minimum atomic E-state index is 0.269. The summed E-state index contributed by atoms with van der Waals surface area (Å²) >= 11 is 0. The van der Waals surface area contributed by atoms with E-state index in [9.17, 15) is 10.2 Å². The fourth-order valence-corrected chi connectivity index (χ4v) is 3.65. The number of benzene rings is 5. The molecule has 0 fully saturated rings. The molecule has 0 saturated carbocycles. The standard InChI is InChI=1S/C20H12O2/c21-12-5-7-13-15-8-9-18(22)16-6-4-11-2-1-3-14(17(13)10-12)19(11)20(15)16/h1-10,21-22H. The first-order valence-corrected chi connectivity index (χ1v) is 7.25. The molecule has 0 unspecified atom stereocenters. The number of rotatable bonds is 0. The van der Waals surface area contributed by atoms with Gasteiger partial charge in [0.1, 0.15) is 11.5 Å². The van der Waals surface area contributed by atoms with Gasteiger partial charge in [-0.05, 0) is 50.5 Å². The van der Waals surface area contributed by atoms with Crippen molar-refractivity contribution in [1.82, 2.24) is 0 Å². The average molecular weight is 284 g/mol. The van der Waals surface area contributed by atoms with Crippen molar-refractivity contribution in [3.8, 4) is 11.5 Å². The third-order valence-electron chi connectivity index (χ3n) is 4.58. The van der Waals surface area contributed by atoms with Crippen LogP contribution >= 0.6 is 0 Å². The summed E-state index contributed by atoms with van der Waals surface area (Å²) in [6, 6.07) is 19.4. The maximum atomic E-state index is 10.2. The quantitative estimate of drug-likeness (QED) is 0.305.